The van der Waals surface area contributed by atoms with Gasteiger partial charge >= 0.3 is 5.69 Å². The van der Waals surface area contributed by atoms with E-state index in [1.54, 1.807) is 6.92 Å². The number of imidazole rings is 1. The van der Waals surface area contributed by atoms with Crippen LogP contribution in [-0.4, -0.2) is 42.0 Å². The smallest absolute Gasteiger partial charge is 0.296 e. The van der Waals surface area contributed by atoms with Crippen molar-refractivity contribution in [3.63, 3.8) is 0 Å². The van der Waals surface area contributed by atoms with Gasteiger partial charge in [-0.25, -0.2) is 14.5 Å². The topological polar surface area (TPSA) is 116 Å². The van der Waals surface area contributed by atoms with Crippen molar-refractivity contribution >= 4 is 12.2 Å². The second-order valence-electron chi connectivity index (χ2n) is 7.64. The number of aromatic amines is 1. The second kappa shape index (κ2) is 9.56. The largest absolute Gasteiger partial charge is 0.336 e. The molecule has 0 saturated heterocycles. The Labute approximate surface area is 190 Å². The zero-order chi connectivity index (χ0) is 23.4. The molecule has 2 aromatic carbocycles. The number of carbonyl (C=O) groups is 2. The Morgan fingerprint density at radius 3 is 2.39 bits per heavy atom. The lowest BCUT2D eigenvalue weighted by atomic mass is 9.98. The van der Waals surface area contributed by atoms with Crippen LogP contribution in [0.4, 0.5) is 0 Å². The van der Waals surface area contributed by atoms with Gasteiger partial charge in [0.1, 0.15) is 5.69 Å². The summed E-state index contributed by atoms with van der Waals surface area (Å²) < 4.78 is 2.54. The first-order valence-corrected chi connectivity index (χ1v) is 10.8. The van der Waals surface area contributed by atoms with Gasteiger partial charge in [0.25, 0.3) is 0 Å². The molecular formula is C24H24N6O3. The molecule has 1 N–H and O–H groups in total. The first-order valence-electron chi connectivity index (χ1n) is 10.8. The molecule has 0 atom stereocenters. The normalized spacial score (nSPS) is 11.0. The van der Waals surface area contributed by atoms with E-state index in [1.807, 2.05) is 55.5 Å². The van der Waals surface area contributed by atoms with Crippen LogP contribution >= 0.6 is 0 Å². The fourth-order valence-electron chi connectivity index (χ4n) is 3.98. The molecule has 33 heavy (non-hydrogen) atoms. The molecule has 0 bridgehead atoms. The van der Waals surface area contributed by atoms with E-state index in [9.17, 15) is 14.4 Å². The summed E-state index contributed by atoms with van der Waals surface area (Å²) in [6.07, 6.45) is 2.03. The lowest BCUT2D eigenvalue weighted by Crippen LogP contribution is -2.30. The summed E-state index contributed by atoms with van der Waals surface area (Å²) in [5, 5.41) is 14.1. The molecule has 0 unspecified atom stereocenters. The number of aldehydes is 1. The summed E-state index contributed by atoms with van der Waals surface area (Å²) in [6.45, 7) is 3.91. The number of nitrogens with zero attached hydrogens (tertiary/aromatic N) is 5. The highest BCUT2D eigenvalue weighted by Crippen LogP contribution is 2.29. The number of rotatable bonds is 8. The molecule has 0 fully saturated rings. The van der Waals surface area contributed by atoms with Crippen LogP contribution in [0.25, 0.3) is 22.5 Å². The summed E-state index contributed by atoms with van der Waals surface area (Å²) in [4.78, 5) is 37.1. The Kier molecular flexibility index (Phi) is 6.39. The van der Waals surface area contributed by atoms with Crippen LogP contribution in [0.2, 0.25) is 0 Å². The number of benzene rings is 2. The highest BCUT2D eigenvalue weighted by atomic mass is 16.2. The predicted molar refractivity (Wildman–Crippen MR) is 123 cm³/mol. The second-order valence-corrected chi connectivity index (χ2v) is 7.64. The molecule has 4 aromatic rings. The molecule has 2 heterocycles. The van der Waals surface area contributed by atoms with Crippen molar-refractivity contribution in [2.45, 2.75) is 39.7 Å². The van der Waals surface area contributed by atoms with Crippen molar-refractivity contribution in [2.24, 2.45) is 0 Å². The summed E-state index contributed by atoms with van der Waals surface area (Å²) in [5.41, 5.74) is 3.97. The van der Waals surface area contributed by atoms with Crippen LogP contribution in [0.5, 0.6) is 0 Å². The molecule has 0 amide bonds. The first kappa shape index (κ1) is 22.1. The highest BCUT2D eigenvalue weighted by molar-refractivity contribution is 5.87. The highest BCUT2D eigenvalue weighted by Gasteiger charge is 2.22. The van der Waals surface area contributed by atoms with Gasteiger partial charge < -0.3 is 0 Å². The number of tetrazole rings is 1. The van der Waals surface area contributed by atoms with E-state index in [2.05, 4.69) is 20.6 Å². The van der Waals surface area contributed by atoms with E-state index in [0.717, 1.165) is 33.2 Å². The molecule has 0 saturated carbocycles. The van der Waals surface area contributed by atoms with E-state index >= 15 is 0 Å². The van der Waals surface area contributed by atoms with E-state index in [-0.39, 0.29) is 24.6 Å². The van der Waals surface area contributed by atoms with E-state index in [1.165, 1.54) is 4.57 Å². The predicted octanol–water partition coefficient (Wildman–Crippen LogP) is 3.36. The van der Waals surface area contributed by atoms with Gasteiger partial charge in [-0.3, -0.25) is 14.2 Å². The summed E-state index contributed by atoms with van der Waals surface area (Å²) in [5.74, 6) is 0.195. The van der Waals surface area contributed by atoms with Crippen LogP contribution in [-0.2, 0) is 13.0 Å². The summed E-state index contributed by atoms with van der Waals surface area (Å²) >= 11 is 0. The van der Waals surface area contributed by atoms with Crippen LogP contribution in [0, 0.1) is 0 Å². The van der Waals surface area contributed by atoms with Crippen molar-refractivity contribution in [3.8, 4) is 22.5 Å². The number of hydrogen-bond acceptors (Lipinski definition) is 6. The van der Waals surface area contributed by atoms with Crippen molar-refractivity contribution in [1.82, 2.24) is 29.8 Å². The van der Waals surface area contributed by atoms with Gasteiger partial charge in [0, 0.05) is 12.0 Å². The minimum Gasteiger partial charge on any atom is -0.296 e. The minimum absolute atomic E-state index is 0.144. The van der Waals surface area contributed by atoms with Crippen LogP contribution in [0.15, 0.2) is 53.3 Å². The van der Waals surface area contributed by atoms with Gasteiger partial charge in [0.05, 0.1) is 12.2 Å². The van der Waals surface area contributed by atoms with E-state index in [4.69, 9.17) is 0 Å². The molecule has 0 radical (unpaired) electrons. The number of hydrogen-bond donors (Lipinski definition) is 1. The van der Waals surface area contributed by atoms with E-state index in [0.29, 0.717) is 24.2 Å². The minimum atomic E-state index is -0.473. The van der Waals surface area contributed by atoms with Gasteiger partial charge in [0.2, 0.25) is 5.91 Å². The molecule has 9 nitrogen and oxygen atoms in total. The maximum Gasteiger partial charge on any atom is 0.336 e. The van der Waals surface area contributed by atoms with Crippen LogP contribution in [0.3, 0.4) is 0 Å². The van der Waals surface area contributed by atoms with E-state index < -0.39 is 5.69 Å². The Balaban J connectivity index is 1.70. The number of aromatic nitrogens is 6. The average molecular weight is 444 g/mol. The lowest BCUT2D eigenvalue weighted by Gasteiger charge is -2.10. The molecular weight excluding hydrogens is 420 g/mol. The van der Waals surface area contributed by atoms with Crippen LogP contribution in [0.1, 0.15) is 53.2 Å². The zero-order valence-corrected chi connectivity index (χ0v) is 18.5. The Morgan fingerprint density at radius 2 is 1.79 bits per heavy atom. The number of H-pyrrole nitrogens is 1. The fourth-order valence-corrected chi connectivity index (χ4v) is 3.98. The van der Waals surface area contributed by atoms with Crippen molar-refractivity contribution in [3.05, 3.63) is 76.0 Å². The number of carbonyl (C=O) groups excluding carboxylic acids is 2. The fraction of sp³-hybridized carbons (Fsp3) is 0.250. The average Bonchev–Trinajstić information content (AvgIpc) is 3.47. The quantitative estimate of drug-likeness (QED) is 0.417. The Hall–Kier alpha value is -4.14. The summed E-state index contributed by atoms with van der Waals surface area (Å²) in [6, 6.07) is 15.6. The van der Waals surface area contributed by atoms with Crippen molar-refractivity contribution in [1.29, 1.82) is 0 Å². The molecule has 168 valence electrons. The monoisotopic (exact) mass is 444 g/mol. The zero-order valence-electron chi connectivity index (χ0n) is 18.5. The molecule has 9 heteroatoms. The third-order valence-electron chi connectivity index (χ3n) is 5.57. The molecule has 0 spiro atoms. The Bertz CT molecular complexity index is 1330. The first-order chi connectivity index (χ1) is 16.1. The third kappa shape index (κ3) is 4.17. The molecule has 2 aromatic heterocycles. The van der Waals surface area contributed by atoms with Gasteiger partial charge in [-0.05, 0) is 33.5 Å². The van der Waals surface area contributed by atoms with Crippen molar-refractivity contribution < 1.29 is 9.59 Å². The van der Waals surface area contributed by atoms with Gasteiger partial charge in [0.15, 0.2) is 12.1 Å². The van der Waals surface area contributed by atoms with Crippen LogP contribution < -0.4 is 5.69 Å². The summed E-state index contributed by atoms with van der Waals surface area (Å²) in [7, 11) is 0. The van der Waals surface area contributed by atoms with Gasteiger partial charge in [-0.1, -0.05) is 68.8 Å². The molecule has 0 aliphatic heterocycles. The third-order valence-corrected chi connectivity index (χ3v) is 5.57. The maximum atomic E-state index is 13.0. The van der Waals surface area contributed by atoms with Gasteiger partial charge in [-0.2, -0.15) is 0 Å². The molecule has 4 rings (SSSR count). The standard InChI is InChI=1S/C24H24N6O3/c1-3-7-20-21(15-31)30(22(32)4-2)24(33)29(20)14-16-10-12-17(13-11-16)18-8-5-6-9-19(18)23-25-27-28-26-23/h5-6,8-13,15H,3-4,7,14H2,1-2H3,(H,25,26,27,28). The number of nitrogens with one attached hydrogen (secondary N) is 1. The lowest BCUT2D eigenvalue weighted by molar-refractivity contribution is 0.0893. The molecule has 0 aliphatic carbocycles. The van der Waals surface area contributed by atoms with Gasteiger partial charge in [-0.15, -0.1) is 5.10 Å². The van der Waals surface area contributed by atoms with Crippen molar-refractivity contribution in [2.75, 3.05) is 0 Å². The maximum absolute atomic E-state index is 13.0. The molecule has 0 aliphatic rings. The SMILES string of the molecule is CCCc1c(C=O)n(C(=O)CC)c(=O)n1Cc1ccc(-c2ccccc2-c2nnn[nH]2)cc1. The Morgan fingerprint density at radius 1 is 1.06 bits per heavy atom.